The SMILES string of the molecule is NCCc1nnc(-c2ccsc2)s1. The van der Waals surface area contributed by atoms with E-state index in [4.69, 9.17) is 5.73 Å². The Bertz CT molecular complexity index is 366. The lowest BCUT2D eigenvalue weighted by Crippen LogP contribution is -2.01. The lowest BCUT2D eigenvalue weighted by atomic mass is 10.4. The van der Waals surface area contributed by atoms with Crippen LogP contribution in [-0.2, 0) is 6.42 Å². The smallest absolute Gasteiger partial charge is 0.148 e. The second kappa shape index (κ2) is 3.95. The number of hydrogen-bond donors (Lipinski definition) is 1. The maximum Gasteiger partial charge on any atom is 0.148 e. The summed E-state index contributed by atoms with van der Waals surface area (Å²) in [5.74, 6) is 0. The largest absolute Gasteiger partial charge is 0.330 e. The molecule has 0 saturated carbocycles. The van der Waals surface area contributed by atoms with Crippen LogP contribution in [0.25, 0.3) is 10.6 Å². The Labute approximate surface area is 84.2 Å². The minimum absolute atomic E-state index is 0.637. The van der Waals surface area contributed by atoms with Crippen molar-refractivity contribution in [3.63, 3.8) is 0 Å². The normalized spacial score (nSPS) is 10.5. The van der Waals surface area contributed by atoms with Crippen LogP contribution in [0.1, 0.15) is 5.01 Å². The van der Waals surface area contributed by atoms with E-state index >= 15 is 0 Å². The predicted molar refractivity (Wildman–Crippen MR) is 56.0 cm³/mol. The molecule has 0 unspecified atom stereocenters. The average molecular weight is 211 g/mol. The van der Waals surface area contributed by atoms with Crippen molar-refractivity contribution in [1.29, 1.82) is 0 Å². The molecule has 2 aromatic heterocycles. The molecule has 0 aliphatic heterocycles. The fraction of sp³-hybridized carbons (Fsp3) is 0.250. The van der Waals surface area contributed by atoms with Crippen LogP contribution in [0, 0.1) is 0 Å². The standard InChI is InChI=1S/C8H9N3S2/c9-3-1-7-10-11-8(13-7)6-2-4-12-5-6/h2,4-5H,1,3,9H2. The molecule has 0 fully saturated rings. The molecule has 0 bridgehead atoms. The summed E-state index contributed by atoms with van der Waals surface area (Å²) >= 11 is 3.29. The fourth-order valence-corrected chi connectivity index (χ4v) is 2.55. The Balaban J connectivity index is 2.23. The molecule has 68 valence electrons. The van der Waals surface area contributed by atoms with E-state index in [2.05, 4.69) is 21.6 Å². The Morgan fingerprint density at radius 3 is 3.00 bits per heavy atom. The van der Waals surface area contributed by atoms with Crippen molar-refractivity contribution in [3.05, 3.63) is 21.8 Å². The first-order valence-corrected chi connectivity index (χ1v) is 5.71. The summed E-state index contributed by atoms with van der Waals surface area (Å²) in [6.07, 6.45) is 0.821. The quantitative estimate of drug-likeness (QED) is 0.841. The van der Waals surface area contributed by atoms with Crippen LogP contribution in [0.2, 0.25) is 0 Å². The van der Waals surface area contributed by atoms with Crippen molar-refractivity contribution >= 4 is 22.7 Å². The highest BCUT2D eigenvalue weighted by Crippen LogP contribution is 2.25. The van der Waals surface area contributed by atoms with Gasteiger partial charge in [-0.1, -0.05) is 11.3 Å². The summed E-state index contributed by atoms with van der Waals surface area (Å²) in [7, 11) is 0. The number of thiophene rings is 1. The third kappa shape index (κ3) is 1.93. The fourth-order valence-electron chi connectivity index (χ4n) is 0.981. The predicted octanol–water partition coefficient (Wildman–Crippen LogP) is 1.77. The average Bonchev–Trinajstić information content (AvgIpc) is 2.70. The molecular weight excluding hydrogens is 202 g/mol. The molecule has 0 radical (unpaired) electrons. The van der Waals surface area contributed by atoms with Gasteiger partial charge in [0, 0.05) is 17.4 Å². The highest BCUT2D eigenvalue weighted by atomic mass is 32.1. The van der Waals surface area contributed by atoms with Gasteiger partial charge in [0.1, 0.15) is 10.0 Å². The Morgan fingerprint density at radius 2 is 2.31 bits per heavy atom. The first kappa shape index (κ1) is 8.80. The molecule has 5 heteroatoms. The first-order chi connectivity index (χ1) is 6.40. The second-order valence-corrected chi connectivity index (χ2v) is 4.39. The van der Waals surface area contributed by atoms with Gasteiger partial charge in [0.25, 0.3) is 0 Å². The summed E-state index contributed by atoms with van der Waals surface area (Å²) in [6, 6.07) is 2.05. The molecule has 0 atom stereocenters. The van der Waals surface area contributed by atoms with E-state index in [9.17, 15) is 0 Å². The monoisotopic (exact) mass is 211 g/mol. The molecule has 2 rings (SSSR count). The van der Waals surface area contributed by atoms with E-state index in [1.165, 1.54) is 0 Å². The van der Waals surface area contributed by atoms with E-state index in [0.29, 0.717) is 6.54 Å². The van der Waals surface area contributed by atoms with Gasteiger partial charge < -0.3 is 5.73 Å². The minimum atomic E-state index is 0.637. The Morgan fingerprint density at radius 1 is 1.38 bits per heavy atom. The number of hydrogen-bond acceptors (Lipinski definition) is 5. The molecule has 0 aliphatic rings. The van der Waals surface area contributed by atoms with Crippen molar-refractivity contribution in [2.75, 3.05) is 6.54 Å². The summed E-state index contributed by atoms with van der Waals surface area (Å²) in [4.78, 5) is 0. The van der Waals surface area contributed by atoms with Gasteiger partial charge in [0.2, 0.25) is 0 Å². The zero-order valence-corrected chi connectivity index (χ0v) is 8.57. The highest BCUT2D eigenvalue weighted by molar-refractivity contribution is 7.15. The molecule has 0 aromatic carbocycles. The number of nitrogens with zero attached hydrogens (tertiary/aromatic N) is 2. The maximum absolute atomic E-state index is 5.43. The minimum Gasteiger partial charge on any atom is -0.330 e. The van der Waals surface area contributed by atoms with Crippen LogP contribution in [0.15, 0.2) is 16.8 Å². The third-order valence-corrected chi connectivity index (χ3v) is 3.31. The molecule has 2 heterocycles. The molecule has 0 amide bonds. The highest BCUT2D eigenvalue weighted by Gasteiger charge is 2.05. The van der Waals surface area contributed by atoms with E-state index in [0.717, 1.165) is 22.0 Å². The van der Waals surface area contributed by atoms with Crippen LogP contribution in [-0.4, -0.2) is 16.7 Å². The zero-order valence-electron chi connectivity index (χ0n) is 6.93. The van der Waals surface area contributed by atoms with Gasteiger partial charge in [-0.25, -0.2) is 0 Å². The third-order valence-electron chi connectivity index (χ3n) is 1.59. The molecule has 0 saturated heterocycles. The molecule has 0 aliphatic carbocycles. The summed E-state index contributed by atoms with van der Waals surface area (Å²) < 4.78 is 0. The van der Waals surface area contributed by atoms with Crippen molar-refractivity contribution in [2.45, 2.75) is 6.42 Å². The van der Waals surface area contributed by atoms with Crippen LogP contribution in [0.5, 0.6) is 0 Å². The van der Waals surface area contributed by atoms with Crippen molar-refractivity contribution in [3.8, 4) is 10.6 Å². The maximum atomic E-state index is 5.43. The lowest BCUT2D eigenvalue weighted by Gasteiger charge is -1.85. The van der Waals surface area contributed by atoms with Gasteiger partial charge in [0.15, 0.2) is 0 Å². The molecule has 0 spiro atoms. The second-order valence-electron chi connectivity index (χ2n) is 2.55. The van der Waals surface area contributed by atoms with Crippen LogP contribution >= 0.6 is 22.7 Å². The van der Waals surface area contributed by atoms with Crippen LogP contribution in [0.4, 0.5) is 0 Å². The van der Waals surface area contributed by atoms with Gasteiger partial charge in [-0.15, -0.1) is 10.2 Å². The molecular formula is C8H9N3S2. The van der Waals surface area contributed by atoms with E-state index < -0.39 is 0 Å². The van der Waals surface area contributed by atoms with E-state index in [-0.39, 0.29) is 0 Å². The van der Waals surface area contributed by atoms with Gasteiger partial charge in [-0.3, -0.25) is 0 Å². The first-order valence-electron chi connectivity index (χ1n) is 3.95. The van der Waals surface area contributed by atoms with Gasteiger partial charge in [-0.05, 0) is 18.0 Å². The van der Waals surface area contributed by atoms with E-state index in [1.807, 2.05) is 5.38 Å². The van der Waals surface area contributed by atoms with Crippen molar-refractivity contribution in [2.24, 2.45) is 5.73 Å². The summed E-state index contributed by atoms with van der Waals surface area (Å²) in [5, 5.41) is 14.3. The van der Waals surface area contributed by atoms with Crippen LogP contribution in [0.3, 0.4) is 0 Å². The number of aromatic nitrogens is 2. The zero-order chi connectivity index (χ0) is 9.10. The summed E-state index contributed by atoms with van der Waals surface area (Å²) in [6.45, 7) is 0.637. The van der Waals surface area contributed by atoms with Crippen LogP contribution < -0.4 is 5.73 Å². The number of rotatable bonds is 3. The summed E-state index contributed by atoms with van der Waals surface area (Å²) in [5.41, 5.74) is 6.59. The molecule has 2 aromatic rings. The van der Waals surface area contributed by atoms with Crippen molar-refractivity contribution in [1.82, 2.24) is 10.2 Å². The van der Waals surface area contributed by atoms with Gasteiger partial charge >= 0.3 is 0 Å². The Hall–Kier alpha value is -0.780. The lowest BCUT2D eigenvalue weighted by molar-refractivity contribution is 0.913. The van der Waals surface area contributed by atoms with E-state index in [1.54, 1.807) is 22.7 Å². The number of nitrogens with two attached hydrogens (primary N) is 1. The molecule has 13 heavy (non-hydrogen) atoms. The van der Waals surface area contributed by atoms with Gasteiger partial charge in [-0.2, -0.15) is 11.3 Å². The van der Waals surface area contributed by atoms with Crippen molar-refractivity contribution < 1.29 is 0 Å². The molecule has 2 N–H and O–H groups in total. The molecule has 3 nitrogen and oxygen atoms in total. The Kier molecular flexibility index (Phi) is 2.68. The topological polar surface area (TPSA) is 51.8 Å². The van der Waals surface area contributed by atoms with Gasteiger partial charge in [0.05, 0.1) is 0 Å².